The fraction of sp³-hybridized carbons (Fsp3) is 1.00. The summed E-state index contributed by atoms with van der Waals surface area (Å²) in [5, 5.41) is 12.8. The number of rotatable bonds is 1. The fourth-order valence-electron chi connectivity index (χ4n) is 1.63. The van der Waals surface area contributed by atoms with E-state index in [2.05, 4.69) is 5.32 Å². The van der Waals surface area contributed by atoms with Crippen LogP contribution in [0.4, 0.5) is 0 Å². The standard InChI is InChI=1S/C7H13NO2/c9-7(4-8-5-7)6-1-2-10-3-6/h6,8-9H,1-5H2. The second kappa shape index (κ2) is 2.19. The number of nitrogens with one attached hydrogen (secondary N) is 1. The van der Waals surface area contributed by atoms with Crippen molar-refractivity contribution in [2.45, 2.75) is 12.0 Å². The number of hydrogen-bond donors (Lipinski definition) is 2. The molecule has 10 heavy (non-hydrogen) atoms. The van der Waals surface area contributed by atoms with E-state index in [-0.39, 0.29) is 0 Å². The van der Waals surface area contributed by atoms with Crippen LogP contribution in [0.3, 0.4) is 0 Å². The zero-order chi connectivity index (χ0) is 7.03. The molecule has 3 heteroatoms. The first-order valence-electron chi connectivity index (χ1n) is 3.82. The third kappa shape index (κ3) is 0.856. The predicted octanol–water partition coefficient (Wildman–Crippen LogP) is -0.643. The summed E-state index contributed by atoms with van der Waals surface area (Å²) in [6, 6.07) is 0. The van der Waals surface area contributed by atoms with Crippen molar-refractivity contribution in [3.05, 3.63) is 0 Å². The Labute approximate surface area is 60.4 Å². The zero-order valence-corrected chi connectivity index (χ0v) is 5.97. The lowest BCUT2D eigenvalue weighted by atomic mass is 9.82. The van der Waals surface area contributed by atoms with Crippen LogP contribution in [-0.2, 0) is 4.74 Å². The highest BCUT2D eigenvalue weighted by Gasteiger charge is 2.43. The molecule has 0 bridgehead atoms. The molecule has 1 atom stereocenters. The van der Waals surface area contributed by atoms with Crippen molar-refractivity contribution in [2.24, 2.45) is 5.92 Å². The lowest BCUT2D eigenvalue weighted by Gasteiger charge is -2.41. The van der Waals surface area contributed by atoms with Crippen molar-refractivity contribution in [1.82, 2.24) is 5.32 Å². The minimum absolute atomic E-state index is 0.383. The Balaban J connectivity index is 1.96. The van der Waals surface area contributed by atoms with E-state index in [9.17, 15) is 5.11 Å². The van der Waals surface area contributed by atoms with E-state index < -0.39 is 5.60 Å². The van der Waals surface area contributed by atoms with Gasteiger partial charge >= 0.3 is 0 Å². The Morgan fingerprint density at radius 3 is 2.70 bits per heavy atom. The Kier molecular flexibility index (Phi) is 1.44. The number of β-amino-alcohol motifs (C(OH)–C–C–N with tert-alkyl or cyclic N) is 1. The van der Waals surface area contributed by atoms with Gasteiger partial charge in [-0.2, -0.15) is 0 Å². The molecule has 0 aromatic rings. The molecule has 2 aliphatic rings. The summed E-state index contributed by atoms with van der Waals surface area (Å²) in [5.41, 5.74) is -0.434. The number of hydrogen-bond acceptors (Lipinski definition) is 3. The van der Waals surface area contributed by atoms with Gasteiger partial charge in [0.2, 0.25) is 0 Å². The molecular formula is C7H13NO2. The molecule has 0 aliphatic carbocycles. The molecule has 0 aromatic carbocycles. The average molecular weight is 143 g/mol. The number of aliphatic hydroxyl groups is 1. The van der Waals surface area contributed by atoms with E-state index in [1.807, 2.05) is 0 Å². The highest BCUT2D eigenvalue weighted by molar-refractivity contribution is 4.99. The van der Waals surface area contributed by atoms with Crippen LogP contribution in [0.5, 0.6) is 0 Å². The quantitative estimate of drug-likeness (QED) is 0.513. The van der Waals surface area contributed by atoms with Gasteiger partial charge in [-0.3, -0.25) is 0 Å². The molecule has 2 saturated heterocycles. The third-order valence-corrected chi connectivity index (χ3v) is 2.55. The van der Waals surface area contributed by atoms with Gasteiger partial charge in [-0.25, -0.2) is 0 Å². The van der Waals surface area contributed by atoms with Gasteiger partial charge in [-0.05, 0) is 6.42 Å². The first-order chi connectivity index (χ1) is 4.81. The minimum atomic E-state index is -0.434. The Hall–Kier alpha value is -0.120. The molecule has 2 fully saturated rings. The lowest BCUT2D eigenvalue weighted by Crippen LogP contribution is -2.63. The van der Waals surface area contributed by atoms with Crippen LogP contribution >= 0.6 is 0 Å². The monoisotopic (exact) mass is 143 g/mol. The Bertz CT molecular complexity index is 128. The second-order valence-corrected chi connectivity index (χ2v) is 3.27. The van der Waals surface area contributed by atoms with Crippen LogP contribution in [0.2, 0.25) is 0 Å². The molecule has 0 aromatic heterocycles. The van der Waals surface area contributed by atoms with E-state index in [1.54, 1.807) is 0 Å². The molecule has 2 rings (SSSR count). The van der Waals surface area contributed by atoms with Crippen LogP contribution in [0, 0.1) is 5.92 Å². The summed E-state index contributed by atoms with van der Waals surface area (Å²) in [5.74, 6) is 0.383. The zero-order valence-electron chi connectivity index (χ0n) is 5.97. The lowest BCUT2D eigenvalue weighted by molar-refractivity contribution is -0.0627. The van der Waals surface area contributed by atoms with Crippen LogP contribution in [-0.4, -0.2) is 37.0 Å². The molecule has 2 aliphatic heterocycles. The molecule has 0 amide bonds. The third-order valence-electron chi connectivity index (χ3n) is 2.55. The summed E-state index contributed by atoms with van der Waals surface area (Å²) in [6.45, 7) is 3.08. The average Bonchev–Trinajstić information content (AvgIpc) is 2.33. The van der Waals surface area contributed by atoms with Gasteiger partial charge in [0.25, 0.3) is 0 Å². The normalized spacial score (nSPS) is 37.5. The number of ether oxygens (including phenoxy) is 1. The summed E-state index contributed by atoms with van der Waals surface area (Å²) in [7, 11) is 0. The summed E-state index contributed by atoms with van der Waals surface area (Å²) in [6.07, 6.45) is 1.03. The molecule has 3 nitrogen and oxygen atoms in total. The topological polar surface area (TPSA) is 41.5 Å². The molecule has 2 N–H and O–H groups in total. The predicted molar refractivity (Wildman–Crippen MR) is 36.7 cm³/mol. The van der Waals surface area contributed by atoms with Crippen LogP contribution < -0.4 is 5.32 Å². The van der Waals surface area contributed by atoms with Crippen molar-refractivity contribution in [3.8, 4) is 0 Å². The Morgan fingerprint density at radius 2 is 2.30 bits per heavy atom. The highest BCUT2D eigenvalue weighted by atomic mass is 16.5. The SMILES string of the molecule is OC1(C2CCOC2)CNC1. The molecule has 0 saturated carbocycles. The van der Waals surface area contributed by atoms with Gasteiger partial charge in [0.15, 0.2) is 0 Å². The summed E-state index contributed by atoms with van der Waals surface area (Å²) >= 11 is 0. The summed E-state index contributed by atoms with van der Waals surface area (Å²) in [4.78, 5) is 0. The van der Waals surface area contributed by atoms with Gasteiger partial charge < -0.3 is 15.2 Å². The Morgan fingerprint density at radius 1 is 1.50 bits per heavy atom. The molecular weight excluding hydrogens is 130 g/mol. The molecule has 1 unspecified atom stereocenters. The largest absolute Gasteiger partial charge is 0.387 e. The van der Waals surface area contributed by atoms with Crippen LogP contribution in [0.25, 0.3) is 0 Å². The first kappa shape index (κ1) is 6.58. The van der Waals surface area contributed by atoms with Crippen molar-refractivity contribution in [1.29, 1.82) is 0 Å². The second-order valence-electron chi connectivity index (χ2n) is 3.27. The van der Waals surface area contributed by atoms with Crippen molar-refractivity contribution < 1.29 is 9.84 Å². The minimum Gasteiger partial charge on any atom is -0.387 e. The van der Waals surface area contributed by atoms with Crippen LogP contribution in [0.1, 0.15) is 6.42 Å². The molecule has 0 spiro atoms. The van der Waals surface area contributed by atoms with E-state index in [4.69, 9.17) is 4.74 Å². The maximum atomic E-state index is 9.77. The highest BCUT2D eigenvalue weighted by Crippen LogP contribution is 2.28. The van der Waals surface area contributed by atoms with Crippen LogP contribution in [0.15, 0.2) is 0 Å². The van der Waals surface area contributed by atoms with Crippen molar-refractivity contribution in [3.63, 3.8) is 0 Å². The van der Waals surface area contributed by atoms with E-state index in [1.165, 1.54) is 0 Å². The molecule has 2 heterocycles. The van der Waals surface area contributed by atoms with Gasteiger partial charge in [0.1, 0.15) is 0 Å². The fourth-order valence-corrected chi connectivity index (χ4v) is 1.63. The first-order valence-corrected chi connectivity index (χ1v) is 3.82. The molecule has 0 radical (unpaired) electrons. The maximum absolute atomic E-state index is 9.77. The van der Waals surface area contributed by atoms with Crippen molar-refractivity contribution >= 4 is 0 Å². The summed E-state index contributed by atoms with van der Waals surface area (Å²) < 4.78 is 5.19. The molecule has 58 valence electrons. The van der Waals surface area contributed by atoms with E-state index >= 15 is 0 Å². The van der Waals surface area contributed by atoms with Gasteiger partial charge in [0, 0.05) is 25.6 Å². The van der Waals surface area contributed by atoms with Gasteiger partial charge in [-0.1, -0.05) is 0 Å². The van der Waals surface area contributed by atoms with Crippen molar-refractivity contribution in [2.75, 3.05) is 26.3 Å². The van der Waals surface area contributed by atoms with Gasteiger partial charge in [-0.15, -0.1) is 0 Å². The van der Waals surface area contributed by atoms with E-state index in [0.29, 0.717) is 5.92 Å². The van der Waals surface area contributed by atoms with Gasteiger partial charge in [0.05, 0.1) is 12.2 Å². The maximum Gasteiger partial charge on any atom is 0.0945 e. The van der Waals surface area contributed by atoms with E-state index in [0.717, 1.165) is 32.7 Å². The smallest absolute Gasteiger partial charge is 0.0945 e.